The summed E-state index contributed by atoms with van der Waals surface area (Å²) in [5, 5.41) is 3.43. The molecule has 1 atom stereocenters. The Hall–Kier alpha value is -1.22. The molecule has 0 spiro atoms. The van der Waals surface area contributed by atoms with Gasteiger partial charge in [0.1, 0.15) is 5.75 Å². The van der Waals surface area contributed by atoms with Crippen molar-refractivity contribution in [1.29, 1.82) is 0 Å². The molecule has 3 heteroatoms. The summed E-state index contributed by atoms with van der Waals surface area (Å²) >= 11 is 0. The second kappa shape index (κ2) is 6.38. The van der Waals surface area contributed by atoms with E-state index in [1.807, 2.05) is 24.3 Å². The first-order chi connectivity index (χ1) is 7.65. The Morgan fingerprint density at radius 2 is 1.88 bits per heavy atom. The van der Waals surface area contributed by atoms with Crippen LogP contribution in [0.15, 0.2) is 24.3 Å². The van der Waals surface area contributed by atoms with Crippen molar-refractivity contribution < 1.29 is 4.74 Å². The lowest BCUT2D eigenvalue weighted by molar-refractivity contribution is 0.415. The van der Waals surface area contributed by atoms with Gasteiger partial charge >= 0.3 is 0 Å². The zero-order valence-corrected chi connectivity index (χ0v) is 10.4. The molecule has 16 heavy (non-hydrogen) atoms. The maximum atomic E-state index is 5.74. The van der Waals surface area contributed by atoms with Crippen LogP contribution < -0.4 is 15.8 Å². The standard InChI is InChI=1S/C13H22N2O/c1-10(2)8-12(9-14)15-11-4-6-13(16-3)7-5-11/h4-7,10,12,15H,8-9,14H2,1-3H3. The fourth-order valence-electron chi connectivity index (χ4n) is 1.71. The second-order valence-electron chi connectivity index (χ2n) is 4.44. The van der Waals surface area contributed by atoms with Crippen LogP contribution in [0.25, 0.3) is 0 Å². The Kier molecular flexibility index (Phi) is 5.12. The molecule has 3 N–H and O–H groups in total. The van der Waals surface area contributed by atoms with E-state index in [0.29, 0.717) is 18.5 Å². The van der Waals surface area contributed by atoms with Gasteiger partial charge in [0.2, 0.25) is 0 Å². The summed E-state index contributed by atoms with van der Waals surface area (Å²) in [5.41, 5.74) is 6.83. The third-order valence-corrected chi connectivity index (χ3v) is 2.50. The molecule has 0 amide bonds. The summed E-state index contributed by atoms with van der Waals surface area (Å²) in [4.78, 5) is 0. The van der Waals surface area contributed by atoms with Crippen LogP contribution in [0.4, 0.5) is 5.69 Å². The molecule has 1 aromatic carbocycles. The average molecular weight is 222 g/mol. The third-order valence-electron chi connectivity index (χ3n) is 2.50. The molecule has 0 saturated carbocycles. The van der Waals surface area contributed by atoms with Crippen LogP contribution in [0, 0.1) is 5.92 Å². The average Bonchev–Trinajstić information content (AvgIpc) is 2.28. The van der Waals surface area contributed by atoms with E-state index in [0.717, 1.165) is 17.9 Å². The first-order valence-electron chi connectivity index (χ1n) is 5.76. The molecular formula is C13H22N2O. The van der Waals surface area contributed by atoms with E-state index in [-0.39, 0.29) is 0 Å². The van der Waals surface area contributed by atoms with Crippen molar-refractivity contribution >= 4 is 5.69 Å². The molecular weight excluding hydrogens is 200 g/mol. The number of methoxy groups -OCH3 is 1. The van der Waals surface area contributed by atoms with Crippen molar-refractivity contribution in [1.82, 2.24) is 0 Å². The van der Waals surface area contributed by atoms with Crippen molar-refractivity contribution in [2.24, 2.45) is 11.7 Å². The molecule has 1 rings (SSSR count). The van der Waals surface area contributed by atoms with Gasteiger partial charge in [-0.25, -0.2) is 0 Å². The summed E-state index contributed by atoms with van der Waals surface area (Å²) in [6.45, 7) is 5.07. The SMILES string of the molecule is COc1ccc(NC(CN)CC(C)C)cc1. The first-order valence-corrected chi connectivity index (χ1v) is 5.76. The molecule has 0 heterocycles. The summed E-state index contributed by atoms with van der Waals surface area (Å²) in [5.74, 6) is 1.53. The van der Waals surface area contributed by atoms with Crippen molar-refractivity contribution in [3.63, 3.8) is 0 Å². The fourth-order valence-corrected chi connectivity index (χ4v) is 1.71. The van der Waals surface area contributed by atoms with Gasteiger partial charge in [0, 0.05) is 18.3 Å². The van der Waals surface area contributed by atoms with Gasteiger partial charge in [-0.15, -0.1) is 0 Å². The molecule has 90 valence electrons. The highest BCUT2D eigenvalue weighted by Crippen LogP contribution is 2.17. The lowest BCUT2D eigenvalue weighted by atomic mass is 10.0. The van der Waals surface area contributed by atoms with Gasteiger partial charge in [-0.3, -0.25) is 0 Å². The molecule has 0 aromatic heterocycles. The van der Waals surface area contributed by atoms with E-state index < -0.39 is 0 Å². The largest absolute Gasteiger partial charge is 0.497 e. The summed E-state index contributed by atoms with van der Waals surface area (Å²) in [6, 6.07) is 8.27. The molecule has 0 fully saturated rings. The van der Waals surface area contributed by atoms with Gasteiger partial charge < -0.3 is 15.8 Å². The van der Waals surface area contributed by atoms with Crippen molar-refractivity contribution in [2.45, 2.75) is 26.3 Å². The Bertz CT molecular complexity index is 295. The number of nitrogens with one attached hydrogen (secondary N) is 1. The highest BCUT2D eigenvalue weighted by Gasteiger charge is 2.08. The van der Waals surface area contributed by atoms with Crippen LogP contribution in [0.2, 0.25) is 0 Å². The van der Waals surface area contributed by atoms with Crippen LogP contribution in [0.1, 0.15) is 20.3 Å². The smallest absolute Gasteiger partial charge is 0.119 e. The van der Waals surface area contributed by atoms with Crippen LogP contribution in [-0.2, 0) is 0 Å². The van der Waals surface area contributed by atoms with E-state index in [4.69, 9.17) is 10.5 Å². The topological polar surface area (TPSA) is 47.3 Å². The Morgan fingerprint density at radius 3 is 2.31 bits per heavy atom. The molecule has 0 bridgehead atoms. The van der Waals surface area contributed by atoms with Gasteiger partial charge in [0.25, 0.3) is 0 Å². The quantitative estimate of drug-likeness (QED) is 0.777. The molecule has 0 aliphatic heterocycles. The maximum Gasteiger partial charge on any atom is 0.119 e. The molecule has 3 nitrogen and oxygen atoms in total. The highest BCUT2D eigenvalue weighted by molar-refractivity contribution is 5.47. The zero-order valence-electron chi connectivity index (χ0n) is 10.4. The molecule has 0 aliphatic carbocycles. The second-order valence-corrected chi connectivity index (χ2v) is 4.44. The summed E-state index contributed by atoms with van der Waals surface area (Å²) < 4.78 is 5.11. The molecule has 0 aliphatic rings. The van der Waals surface area contributed by atoms with E-state index >= 15 is 0 Å². The minimum absolute atomic E-state index is 0.341. The summed E-state index contributed by atoms with van der Waals surface area (Å²) in [7, 11) is 1.67. The molecule has 0 radical (unpaired) electrons. The lowest BCUT2D eigenvalue weighted by Crippen LogP contribution is -2.30. The van der Waals surface area contributed by atoms with Gasteiger partial charge in [-0.1, -0.05) is 13.8 Å². The number of anilines is 1. The van der Waals surface area contributed by atoms with Gasteiger partial charge in [0.05, 0.1) is 7.11 Å². The number of nitrogens with two attached hydrogens (primary N) is 1. The minimum Gasteiger partial charge on any atom is -0.497 e. The fraction of sp³-hybridized carbons (Fsp3) is 0.538. The first kappa shape index (κ1) is 12.8. The predicted octanol–water partition coefficient (Wildman–Crippen LogP) is 2.48. The molecule has 1 aromatic rings. The third kappa shape index (κ3) is 4.11. The van der Waals surface area contributed by atoms with Crippen LogP contribution in [-0.4, -0.2) is 19.7 Å². The van der Waals surface area contributed by atoms with Gasteiger partial charge in [-0.05, 0) is 36.6 Å². The number of ether oxygens (including phenoxy) is 1. The lowest BCUT2D eigenvalue weighted by Gasteiger charge is -2.20. The highest BCUT2D eigenvalue weighted by atomic mass is 16.5. The van der Waals surface area contributed by atoms with Gasteiger partial charge in [-0.2, -0.15) is 0 Å². The monoisotopic (exact) mass is 222 g/mol. The van der Waals surface area contributed by atoms with Gasteiger partial charge in [0.15, 0.2) is 0 Å². The number of hydrogen-bond acceptors (Lipinski definition) is 3. The molecule has 0 saturated heterocycles. The van der Waals surface area contributed by atoms with Crippen molar-refractivity contribution in [3.05, 3.63) is 24.3 Å². The number of rotatable bonds is 6. The Balaban J connectivity index is 2.56. The summed E-state index contributed by atoms with van der Waals surface area (Å²) in [6.07, 6.45) is 1.09. The minimum atomic E-state index is 0.341. The molecule has 1 unspecified atom stereocenters. The predicted molar refractivity (Wildman–Crippen MR) is 68.9 cm³/mol. The van der Waals surface area contributed by atoms with E-state index in [9.17, 15) is 0 Å². The maximum absolute atomic E-state index is 5.74. The normalized spacial score (nSPS) is 12.6. The van der Waals surface area contributed by atoms with Crippen LogP contribution in [0.3, 0.4) is 0 Å². The van der Waals surface area contributed by atoms with E-state index in [1.165, 1.54) is 0 Å². The van der Waals surface area contributed by atoms with Crippen molar-refractivity contribution in [2.75, 3.05) is 19.0 Å². The Labute approximate surface area is 98.0 Å². The zero-order chi connectivity index (χ0) is 12.0. The van der Waals surface area contributed by atoms with E-state index in [1.54, 1.807) is 7.11 Å². The van der Waals surface area contributed by atoms with Crippen molar-refractivity contribution in [3.8, 4) is 5.75 Å². The number of benzene rings is 1. The van der Waals surface area contributed by atoms with E-state index in [2.05, 4.69) is 19.2 Å². The Morgan fingerprint density at radius 1 is 1.25 bits per heavy atom. The number of hydrogen-bond donors (Lipinski definition) is 2. The van der Waals surface area contributed by atoms with Crippen LogP contribution >= 0.6 is 0 Å². The van der Waals surface area contributed by atoms with Crippen LogP contribution in [0.5, 0.6) is 5.75 Å².